The summed E-state index contributed by atoms with van der Waals surface area (Å²) < 4.78 is 7.18. The molecule has 3 aliphatic carbocycles. The smallest absolute Gasteiger partial charge is 0.227 e. The Balaban J connectivity index is 1.67. The molecule has 8 unspecified atom stereocenters. The molecule has 5 heteroatoms. The Morgan fingerprint density at radius 2 is 1.93 bits per heavy atom. The molecule has 2 saturated carbocycles. The number of hydrogen-bond acceptors (Lipinski definition) is 4. The Morgan fingerprint density at radius 1 is 1.18 bits per heavy atom. The van der Waals surface area contributed by atoms with Gasteiger partial charge in [0.1, 0.15) is 11.4 Å². The normalized spacial score (nSPS) is 52.0. The van der Waals surface area contributed by atoms with Gasteiger partial charge in [0.25, 0.3) is 0 Å². The maximum absolute atomic E-state index is 12.3. The molecule has 5 aliphatic rings. The van der Waals surface area contributed by atoms with Crippen LogP contribution in [0.3, 0.4) is 0 Å². The van der Waals surface area contributed by atoms with E-state index in [1.165, 1.54) is 12.8 Å². The Hall–Kier alpha value is -0.680. The average molecular weight is 406 g/mol. The van der Waals surface area contributed by atoms with Gasteiger partial charge in [0.05, 0.1) is 12.0 Å². The summed E-state index contributed by atoms with van der Waals surface area (Å²) in [7, 11) is 0. The second kappa shape index (κ2) is 5.94. The molecule has 2 N–H and O–H groups in total. The van der Waals surface area contributed by atoms with Crippen LogP contribution in [0.25, 0.3) is 0 Å². The molecule has 1 spiro atoms. The standard InChI is InChI=1S/C23H35NO3S/c1-12-5-6-18-21(2,3)8-13(28)9-23(18)22(12,4)10-15-17(25)7-14-16(19(15)27-23)11-24-20(14)26/h12-15,17-18,25,28H,5-11H2,1-4H3,(H,24,26). The maximum Gasteiger partial charge on any atom is 0.227 e. The van der Waals surface area contributed by atoms with Crippen LogP contribution in [0.4, 0.5) is 0 Å². The van der Waals surface area contributed by atoms with Crippen molar-refractivity contribution < 1.29 is 14.6 Å². The van der Waals surface area contributed by atoms with Gasteiger partial charge in [-0.1, -0.05) is 27.7 Å². The monoisotopic (exact) mass is 405 g/mol. The van der Waals surface area contributed by atoms with Crippen LogP contribution in [-0.4, -0.2) is 34.5 Å². The number of rotatable bonds is 0. The summed E-state index contributed by atoms with van der Waals surface area (Å²) in [5.41, 5.74) is 1.08. The highest BCUT2D eigenvalue weighted by atomic mass is 32.1. The molecule has 0 radical (unpaired) electrons. The number of hydrogen-bond donors (Lipinski definition) is 3. The summed E-state index contributed by atoms with van der Waals surface area (Å²) in [5, 5.41) is 14.3. The minimum atomic E-state index is -0.488. The fourth-order valence-corrected chi connectivity index (χ4v) is 8.63. The number of fused-ring (bicyclic) bond motifs is 2. The molecular formula is C23H35NO3S. The lowest BCUT2D eigenvalue weighted by molar-refractivity contribution is -0.264. The number of nitrogens with one attached hydrogen (secondary N) is 1. The molecular weight excluding hydrogens is 370 g/mol. The summed E-state index contributed by atoms with van der Waals surface area (Å²) in [6, 6.07) is 0. The van der Waals surface area contributed by atoms with Crippen molar-refractivity contribution in [1.29, 1.82) is 0 Å². The first-order valence-corrected chi connectivity index (χ1v) is 11.7. The van der Waals surface area contributed by atoms with E-state index in [9.17, 15) is 9.90 Å². The van der Waals surface area contributed by atoms with E-state index in [1.54, 1.807) is 0 Å². The molecule has 4 nitrogen and oxygen atoms in total. The van der Waals surface area contributed by atoms with Gasteiger partial charge in [-0.15, -0.1) is 0 Å². The molecule has 0 aromatic carbocycles. The molecule has 156 valence electrons. The zero-order valence-electron chi connectivity index (χ0n) is 17.6. The highest BCUT2D eigenvalue weighted by molar-refractivity contribution is 7.80. The van der Waals surface area contributed by atoms with Crippen molar-refractivity contribution in [2.75, 3.05) is 6.54 Å². The number of amides is 1. The minimum Gasteiger partial charge on any atom is -0.490 e. The van der Waals surface area contributed by atoms with Crippen LogP contribution >= 0.6 is 12.6 Å². The van der Waals surface area contributed by atoms with E-state index in [2.05, 4.69) is 33.0 Å². The highest BCUT2D eigenvalue weighted by Crippen LogP contribution is 2.69. The Kier molecular flexibility index (Phi) is 4.09. The van der Waals surface area contributed by atoms with Gasteiger partial charge in [-0.3, -0.25) is 4.79 Å². The molecule has 1 amide bonds. The second-order valence-corrected chi connectivity index (χ2v) is 12.0. The summed E-state index contributed by atoms with van der Waals surface area (Å²) >= 11 is 4.98. The molecule has 2 aliphatic heterocycles. The Morgan fingerprint density at radius 3 is 2.68 bits per heavy atom. The molecule has 8 atom stereocenters. The molecule has 0 aromatic heterocycles. The summed E-state index contributed by atoms with van der Waals surface area (Å²) in [6.07, 6.45) is 5.53. The van der Waals surface area contributed by atoms with E-state index in [0.717, 1.165) is 30.6 Å². The van der Waals surface area contributed by atoms with Crippen LogP contribution in [0.1, 0.15) is 66.2 Å². The summed E-state index contributed by atoms with van der Waals surface area (Å²) in [4.78, 5) is 12.3. The van der Waals surface area contributed by atoms with Gasteiger partial charge in [-0.2, -0.15) is 12.6 Å². The predicted molar refractivity (Wildman–Crippen MR) is 112 cm³/mol. The number of carbonyl (C=O) groups excluding carboxylic acids is 1. The van der Waals surface area contributed by atoms with Crippen molar-refractivity contribution in [3.8, 4) is 0 Å². The summed E-state index contributed by atoms with van der Waals surface area (Å²) in [5.74, 6) is 1.87. The zero-order valence-corrected chi connectivity index (χ0v) is 18.5. The quantitative estimate of drug-likeness (QED) is 0.539. The lowest BCUT2D eigenvalue weighted by Crippen LogP contribution is -2.69. The van der Waals surface area contributed by atoms with Crippen molar-refractivity contribution in [3.63, 3.8) is 0 Å². The van der Waals surface area contributed by atoms with Crippen LogP contribution < -0.4 is 5.32 Å². The van der Waals surface area contributed by atoms with Crippen LogP contribution in [0.2, 0.25) is 0 Å². The van der Waals surface area contributed by atoms with E-state index in [1.807, 2.05) is 0 Å². The summed E-state index contributed by atoms with van der Waals surface area (Å²) in [6.45, 7) is 10.2. The fraction of sp³-hybridized carbons (Fsp3) is 0.870. The van der Waals surface area contributed by atoms with Crippen LogP contribution in [-0.2, 0) is 9.53 Å². The fourth-order valence-electron chi connectivity index (χ4n) is 7.89. The van der Waals surface area contributed by atoms with Gasteiger partial charge in [0.15, 0.2) is 0 Å². The van der Waals surface area contributed by atoms with Gasteiger partial charge in [0.2, 0.25) is 5.91 Å². The third kappa shape index (κ3) is 2.32. The van der Waals surface area contributed by atoms with Crippen molar-refractivity contribution in [2.24, 2.45) is 34.5 Å². The zero-order chi connectivity index (χ0) is 20.1. The first kappa shape index (κ1) is 19.3. The van der Waals surface area contributed by atoms with Crippen molar-refractivity contribution in [2.45, 2.75) is 83.2 Å². The minimum absolute atomic E-state index is 0.0210. The molecule has 2 heterocycles. The Bertz CT molecular complexity index is 748. The van der Waals surface area contributed by atoms with Crippen LogP contribution in [0, 0.1) is 34.5 Å². The van der Waals surface area contributed by atoms with Gasteiger partial charge in [-0.25, -0.2) is 0 Å². The Labute approximate surface area is 174 Å². The number of carbonyl (C=O) groups is 1. The van der Waals surface area contributed by atoms with Crippen molar-refractivity contribution in [3.05, 3.63) is 11.3 Å². The second-order valence-electron chi connectivity index (χ2n) is 11.3. The number of aliphatic hydroxyl groups is 1. The molecule has 4 fully saturated rings. The van der Waals surface area contributed by atoms with Crippen molar-refractivity contribution in [1.82, 2.24) is 5.32 Å². The third-order valence-electron chi connectivity index (χ3n) is 9.47. The predicted octanol–water partition coefficient (Wildman–Crippen LogP) is 3.70. The van der Waals surface area contributed by atoms with Crippen LogP contribution in [0.5, 0.6) is 0 Å². The van der Waals surface area contributed by atoms with E-state index in [0.29, 0.717) is 30.1 Å². The first-order valence-electron chi connectivity index (χ1n) is 11.1. The number of ether oxygens (including phenoxy) is 1. The molecule has 5 rings (SSSR count). The largest absolute Gasteiger partial charge is 0.490 e. The molecule has 0 bridgehead atoms. The van der Waals surface area contributed by atoms with E-state index < -0.39 is 6.10 Å². The maximum atomic E-state index is 12.3. The molecule has 28 heavy (non-hydrogen) atoms. The van der Waals surface area contributed by atoms with Crippen molar-refractivity contribution >= 4 is 18.5 Å². The topological polar surface area (TPSA) is 58.6 Å². The number of aliphatic hydroxyl groups excluding tert-OH is 1. The lowest BCUT2D eigenvalue weighted by atomic mass is 9.43. The molecule has 0 aromatic rings. The van der Waals surface area contributed by atoms with Gasteiger partial charge < -0.3 is 15.2 Å². The van der Waals surface area contributed by atoms with E-state index in [4.69, 9.17) is 17.4 Å². The SMILES string of the molecule is CC1CCC2C(C)(C)CC(S)CC23OC2=C4CNC(=O)C4CC(O)C2CC13C. The van der Waals surface area contributed by atoms with E-state index >= 15 is 0 Å². The van der Waals surface area contributed by atoms with Crippen LogP contribution in [0.15, 0.2) is 11.3 Å². The van der Waals surface area contributed by atoms with Gasteiger partial charge in [-0.05, 0) is 55.4 Å². The average Bonchev–Trinajstić information content (AvgIpc) is 2.95. The third-order valence-corrected chi connectivity index (χ3v) is 9.84. The highest BCUT2D eigenvalue weighted by Gasteiger charge is 2.69. The number of thiol groups is 1. The first-order chi connectivity index (χ1) is 13.1. The van der Waals surface area contributed by atoms with Gasteiger partial charge in [0, 0.05) is 29.0 Å². The van der Waals surface area contributed by atoms with Gasteiger partial charge >= 0.3 is 0 Å². The van der Waals surface area contributed by atoms with E-state index in [-0.39, 0.29) is 34.2 Å². The lowest BCUT2D eigenvalue weighted by Gasteiger charge is -2.68. The molecule has 2 saturated heterocycles.